The topological polar surface area (TPSA) is 135 Å². The minimum atomic E-state index is -2.19. The monoisotopic (exact) mass is 399 g/mol. The maximum atomic E-state index is 13.6. The van der Waals surface area contributed by atoms with Gasteiger partial charge in [0, 0.05) is 16.5 Å². The van der Waals surface area contributed by atoms with Gasteiger partial charge in [-0.25, -0.2) is 0 Å². The molecular formula is C22H13N3O5. The number of carbonyl (C=O) groups is 2. The van der Waals surface area contributed by atoms with Gasteiger partial charge in [0.15, 0.2) is 17.0 Å². The number of allylic oxidation sites excluding steroid dienone is 1. The van der Waals surface area contributed by atoms with E-state index in [1.807, 2.05) is 6.07 Å². The van der Waals surface area contributed by atoms with Crippen molar-refractivity contribution in [1.82, 2.24) is 4.98 Å². The molecule has 146 valence electrons. The fourth-order valence-corrected chi connectivity index (χ4v) is 4.27. The zero-order valence-electron chi connectivity index (χ0n) is 15.6. The lowest BCUT2D eigenvalue weighted by atomic mass is 9.69. The number of aromatic nitrogens is 1. The number of nitriles is 1. The second kappa shape index (κ2) is 5.81. The number of hydrogen-bond donors (Lipinski definition) is 2. The van der Waals surface area contributed by atoms with Crippen molar-refractivity contribution in [1.29, 1.82) is 5.26 Å². The van der Waals surface area contributed by atoms with Crippen LogP contribution in [0.5, 0.6) is 11.5 Å². The van der Waals surface area contributed by atoms with Gasteiger partial charge in [-0.05, 0) is 18.2 Å². The molecule has 0 radical (unpaired) electrons. The zero-order chi connectivity index (χ0) is 21.2. The largest absolute Gasteiger partial charge is 0.497 e. The Morgan fingerprint density at radius 3 is 2.37 bits per heavy atom. The first-order valence-corrected chi connectivity index (χ1v) is 8.96. The highest BCUT2D eigenvalue weighted by molar-refractivity contribution is 6.36. The summed E-state index contributed by atoms with van der Waals surface area (Å²) >= 11 is 0. The molecule has 3 aromatic rings. The quantitative estimate of drug-likeness (QED) is 0.597. The normalized spacial score (nSPS) is 16.3. The third kappa shape index (κ3) is 1.91. The number of methoxy groups -OCH3 is 1. The van der Waals surface area contributed by atoms with Gasteiger partial charge >= 0.3 is 0 Å². The predicted molar refractivity (Wildman–Crippen MR) is 105 cm³/mol. The van der Waals surface area contributed by atoms with Crippen LogP contribution in [0.1, 0.15) is 26.3 Å². The first-order valence-electron chi connectivity index (χ1n) is 8.96. The summed E-state index contributed by atoms with van der Waals surface area (Å²) < 4.78 is 10.9. The summed E-state index contributed by atoms with van der Waals surface area (Å²) in [6, 6.07) is 12.9. The van der Waals surface area contributed by atoms with E-state index < -0.39 is 34.0 Å². The number of Topliss-reactive ketones (excluding diaryl/α,β-unsaturated/α-hetero) is 2. The molecule has 1 aliphatic carbocycles. The third-order valence-corrected chi connectivity index (χ3v) is 5.59. The van der Waals surface area contributed by atoms with E-state index in [0.29, 0.717) is 16.7 Å². The molecule has 0 atom stereocenters. The van der Waals surface area contributed by atoms with Gasteiger partial charge in [-0.3, -0.25) is 14.4 Å². The summed E-state index contributed by atoms with van der Waals surface area (Å²) in [6.45, 7) is 0. The molecule has 1 aliphatic heterocycles. The molecule has 0 fully saturated rings. The number of ether oxygens (including phenoxy) is 2. The summed E-state index contributed by atoms with van der Waals surface area (Å²) in [5, 5.41) is 10.2. The number of rotatable bonds is 1. The van der Waals surface area contributed by atoms with Crippen LogP contribution in [-0.4, -0.2) is 23.7 Å². The molecular weight excluding hydrogens is 386 g/mol. The highest BCUT2D eigenvalue weighted by Crippen LogP contribution is 2.51. The number of ketones is 2. The number of carbonyl (C=O) groups excluding carboxylic acids is 2. The number of aromatic amines is 1. The standard InChI is InChI=1S/C22H13N3O5/c1-29-10-6-7-15-13(8-10)17-16(21(28)25-15)22(14(9-23)20(24)30-17)18(26)11-4-2-3-5-12(11)19(22)27/h2-8H,24H2,1H3,(H,25,28). The Bertz CT molecular complexity index is 1410. The van der Waals surface area contributed by atoms with Crippen LogP contribution in [0.2, 0.25) is 0 Å². The van der Waals surface area contributed by atoms with Gasteiger partial charge in [-0.1, -0.05) is 24.3 Å². The number of nitrogens with one attached hydrogen (secondary N) is 1. The molecule has 1 aromatic heterocycles. The van der Waals surface area contributed by atoms with E-state index in [1.54, 1.807) is 30.3 Å². The average Bonchev–Trinajstić information content (AvgIpc) is 2.96. The molecule has 2 aromatic carbocycles. The molecule has 0 unspecified atom stereocenters. The van der Waals surface area contributed by atoms with Crippen molar-refractivity contribution in [3.8, 4) is 17.6 Å². The number of nitrogens with two attached hydrogens (primary N) is 1. The molecule has 0 saturated heterocycles. The number of nitrogens with zero attached hydrogens (tertiary/aromatic N) is 1. The van der Waals surface area contributed by atoms with Crippen LogP contribution >= 0.6 is 0 Å². The highest BCUT2D eigenvalue weighted by atomic mass is 16.5. The maximum absolute atomic E-state index is 13.6. The Kier molecular flexibility index (Phi) is 3.43. The van der Waals surface area contributed by atoms with Crippen LogP contribution in [0.4, 0.5) is 0 Å². The Morgan fingerprint density at radius 2 is 1.77 bits per heavy atom. The first kappa shape index (κ1) is 17.7. The van der Waals surface area contributed by atoms with Gasteiger partial charge in [-0.2, -0.15) is 5.26 Å². The van der Waals surface area contributed by atoms with Crippen molar-refractivity contribution in [2.24, 2.45) is 5.73 Å². The fraction of sp³-hybridized carbons (Fsp3) is 0.0909. The van der Waals surface area contributed by atoms with Gasteiger partial charge < -0.3 is 20.2 Å². The predicted octanol–water partition coefficient (Wildman–Crippen LogP) is 1.94. The molecule has 5 rings (SSSR count). The minimum Gasteiger partial charge on any atom is -0.497 e. The van der Waals surface area contributed by atoms with E-state index in [-0.39, 0.29) is 22.4 Å². The van der Waals surface area contributed by atoms with Crippen LogP contribution in [-0.2, 0) is 5.41 Å². The van der Waals surface area contributed by atoms with Crippen LogP contribution in [0.15, 0.2) is 58.7 Å². The third-order valence-electron chi connectivity index (χ3n) is 5.59. The molecule has 8 heteroatoms. The number of benzene rings is 2. The lowest BCUT2D eigenvalue weighted by molar-refractivity contribution is 0.0815. The lowest BCUT2D eigenvalue weighted by Crippen LogP contribution is -2.48. The number of H-pyrrole nitrogens is 1. The minimum absolute atomic E-state index is 0.0429. The van der Waals surface area contributed by atoms with E-state index in [9.17, 15) is 19.6 Å². The van der Waals surface area contributed by atoms with Crippen molar-refractivity contribution in [3.05, 3.63) is 81.0 Å². The Hall–Kier alpha value is -4.38. The maximum Gasteiger partial charge on any atom is 0.257 e. The molecule has 3 N–H and O–H groups in total. The van der Waals surface area contributed by atoms with Crippen molar-refractivity contribution < 1.29 is 19.1 Å². The molecule has 0 bridgehead atoms. The summed E-state index contributed by atoms with van der Waals surface area (Å²) in [5.41, 5.74) is 3.12. The van der Waals surface area contributed by atoms with Crippen LogP contribution < -0.4 is 20.8 Å². The number of pyridine rings is 1. The Balaban J connectivity index is 1.97. The second-order valence-electron chi connectivity index (χ2n) is 6.98. The van der Waals surface area contributed by atoms with Crippen molar-refractivity contribution >= 4 is 22.5 Å². The van der Waals surface area contributed by atoms with Crippen LogP contribution in [0.3, 0.4) is 0 Å². The summed E-state index contributed by atoms with van der Waals surface area (Å²) in [4.78, 5) is 43.0. The number of hydrogen-bond acceptors (Lipinski definition) is 7. The average molecular weight is 399 g/mol. The molecule has 0 saturated carbocycles. The van der Waals surface area contributed by atoms with E-state index in [4.69, 9.17) is 15.2 Å². The van der Waals surface area contributed by atoms with E-state index in [0.717, 1.165) is 0 Å². The molecule has 8 nitrogen and oxygen atoms in total. The van der Waals surface area contributed by atoms with Crippen LogP contribution in [0, 0.1) is 11.3 Å². The Labute approximate surface area is 169 Å². The summed E-state index contributed by atoms with van der Waals surface area (Å²) in [5.74, 6) is -1.33. The highest BCUT2D eigenvalue weighted by Gasteiger charge is 2.62. The van der Waals surface area contributed by atoms with Gasteiger partial charge in [0.1, 0.15) is 23.1 Å². The zero-order valence-corrected chi connectivity index (χ0v) is 15.6. The van der Waals surface area contributed by atoms with Gasteiger partial charge in [-0.15, -0.1) is 0 Å². The molecule has 1 spiro atoms. The van der Waals surface area contributed by atoms with Gasteiger partial charge in [0.2, 0.25) is 5.88 Å². The molecule has 2 heterocycles. The van der Waals surface area contributed by atoms with Crippen molar-refractivity contribution in [2.45, 2.75) is 5.41 Å². The van der Waals surface area contributed by atoms with Crippen molar-refractivity contribution in [2.75, 3.05) is 7.11 Å². The SMILES string of the molecule is COc1ccc2[nH]c(=O)c3c(c2c1)OC(N)=C(C#N)C31C(=O)c2ccccc2C1=O. The van der Waals surface area contributed by atoms with Gasteiger partial charge in [0.05, 0.1) is 18.2 Å². The van der Waals surface area contributed by atoms with E-state index in [1.165, 1.54) is 19.2 Å². The summed E-state index contributed by atoms with van der Waals surface area (Å²) in [6.07, 6.45) is 0. The molecule has 0 amide bonds. The van der Waals surface area contributed by atoms with Crippen LogP contribution in [0.25, 0.3) is 10.9 Å². The van der Waals surface area contributed by atoms with Crippen molar-refractivity contribution in [3.63, 3.8) is 0 Å². The molecule has 2 aliphatic rings. The first-order chi connectivity index (χ1) is 14.4. The molecule has 30 heavy (non-hydrogen) atoms. The fourth-order valence-electron chi connectivity index (χ4n) is 4.27. The van der Waals surface area contributed by atoms with E-state index in [2.05, 4.69) is 4.98 Å². The van der Waals surface area contributed by atoms with E-state index >= 15 is 0 Å². The Morgan fingerprint density at radius 1 is 1.10 bits per heavy atom. The summed E-state index contributed by atoms with van der Waals surface area (Å²) in [7, 11) is 1.48. The lowest BCUT2D eigenvalue weighted by Gasteiger charge is -2.32. The number of fused-ring (bicyclic) bond motifs is 5. The second-order valence-corrected chi connectivity index (χ2v) is 6.98. The smallest absolute Gasteiger partial charge is 0.257 e. The van der Waals surface area contributed by atoms with Gasteiger partial charge in [0.25, 0.3) is 5.56 Å².